The summed E-state index contributed by atoms with van der Waals surface area (Å²) in [6, 6.07) is 12.4. The molecule has 0 bridgehead atoms. The molecule has 0 N–H and O–H groups in total. The molecule has 1 atom stereocenters. The zero-order valence-electron chi connectivity index (χ0n) is 14.3. The smallest absolute Gasteiger partial charge is 0.265 e. The molecule has 1 amide bonds. The Labute approximate surface area is 159 Å². The van der Waals surface area contributed by atoms with Gasteiger partial charge in [-0.3, -0.25) is 4.79 Å². The summed E-state index contributed by atoms with van der Waals surface area (Å²) in [4.78, 5) is 19.2. The third-order valence-electron chi connectivity index (χ3n) is 4.42. The summed E-state index contributed by atoms with van der Waals surface area (Å²) in [6.45, 7) is 1.23. The predicted molar refractivity (Wildman–Crippen MR) is 98.5 cm³/mol. The van der Waals surface area contributed by atoms with Crippen LogP contribution in [-0.4, -0.2) is 35.5 Å². The van der Waals surface area contributed by atoms with Gasteiger partial charge in [0.1, 0.15) is 27.6 Å². The van der Waals surface area contributed by atoms with Crippen molar-refractivity contribution in [2.45, 2.75) is 6.10 Å². The number of ether oxygens (including phenoxy) is 1. The van der Waals surface area contributed by atoms with E-state index in [-0.39, 0.29) is 23.6 Å². The molecule has 3 aromatic rings. The van der Waals surface area contributed by atoms with E-state index in [4.69, 9.17) is 4.74 Å². The van der Waals surface area contributed by atoms with Crippen LogP contribution in [0.2, 0.25) is 0 Å². The van der Waals surface area contributed by atoms with Crippen molar-refractivity contribution in [1.29, 1.82) is 0 Å². The molecule has 2 heterocycles. The van der Waals surface area contributed by atoms with E-state index in [2.05, 4.69) is 4.98 Å². The van der Waals surface area contributed by atoms with Crippen LogP contribution in [0.5, 0.6) is 0 Å². The number of morpholine rings is 1. The van der Waals surface area contributed by atoms with Gasteiger partial charge < -0.3 is 9.64 Å². The summed E-state index contributed by atoms with van der Waals surface area (Å²) in [5.74, 6) is -0.841. The van der Waals surface area contributed by atoms with Crippen LogP contribution in [0.3, 0.4) is 0 Å². The molecule has 27 heavy (non-hydrogen) atoms. The molecular weight excluding hydrogens is 370 g/mol. The van der Waals surface area contributed by atoms with E-state index in [1.807, 2.05) is 0 Å². The highest BCUT2D eigenvalue weighted by atomic mass is 32.1. The van der Waals surface area contributed by atoms with Crippen molar-refractivity contribution in [3.05, 3.63) is 76.8 Å². The van der Waals surface area contributed by atoms with Crippen LogP contribution >= 0.6 is 11.3 Å². The maximum absolute atomic E-state index is 13.9. The van der Waals surface area contributed by atoms with Gasteiger partial charge in [-0.05, 0) is 29.8 Å². The lowest BCUT2D eigenvalue weighted by Gasteiger charge is -2.32. The molecule has 138 valence electrons. The number of aromatic nitrogens is 1. The molecule has 1 saturated heterocycles. The van der Waals surface area contributed by atoms with Gasteiger partial charge in [0.15, 0.2) is 0 Å². The Morgan fingerprint density at radius 3 is 2.70 bits per heavy atom. The molecular formula is C20H16F2N2O2S. The molecule has 0 radical (unpaired) electrons. The first-order valence-electron chi connectivity index (χ1n) is 8.49. The molecule has 1 aromatic heterocycles. The summed E-state index contributed by atoms with van der Waals surface area (Å²) >= 11 is 1.17. The predicted octanol–water partition coefficient (Wildman–Crippen LogP) is 4.30. The zero-order chi connectivity index (χ0) is 18.8. The molecule has 0 saturated carbocycles. The van der Waals surface area contributed by atoms with Crippen LogP contribution in [0.15, 0.2) is 54.7 Å². The van der Waals surface area contributed by atoms with Gasteiger partial charge in [0.25, 0.3) is 5.91 Å². The van der Waals surface area contributed by atoms with E-state index in [0.717, 1.165) is 5.56 Å². The summed E-state index contributed by atoms with van der Waals surface area (Å²) in [5, 5.41) is 0.472. The summed E-state index contributed by atoms with van der Waals surface area (Å²) in [5.41, 5.74) is 1.21. The number of amides is 1. The molecule has 4 nitrogen and oxygen atoms in total. The van der Waals surface area contributed by atoms with Gasteiger partial charge in [0.2, 0.25) is 0 Å². The van der Waals surface area contributed by atoms with Gasteiger partial charge >= 0.3 is 0 Å². The minimum absolute atomic E-state index is 0.162. The number of halogens is 2. The first-order valence-corrected chi connectivity index (χ1v) is 9.30. The first kappa shape index (κ1) is 17.8. The van der Waals surface area contributed by atoms with Gasteiger partial charge in [-0.1, -0.05) is 24.3 Å². The van der Waals surface area contributed by atoms with Crippen LogP contribution in [0.4, 0.5) is 8.78 Å². The number of hydrogen-bond donors (Lipinski definition) is 0. The van der Waals surface area contributed by atoms with Crippen LogP contribution < -0.4 is 0 Å². The normalized spacial score (nSPS) is 17.1. The minimum Gasteiger partial charge on any atom is -0.370 e. The van der Waals surface area contributed by atoms with Crippen molar-refractivity contribution in [3.8, 4) is 10.6 Å². The topological polar surface area (TPSA) is 42.4 Å². The molecule has 1 aliphatic rings. The van der Waals surface area contributed by atoms with Gasteiger partial charge in [0, 0.05) is 12.1 Å². The number of rotatable bonds is 3. The zero-order valence-corrected chi connectivity index (χ0v) is 15.1. The SMILES string of the molecule is O=C(c1cnc(-c2ccccc2F)s1)N1CCOC(c2ccc(F)cc2)C1. The highest BCUT2D eigenvalue weighted by Crippen LogP contribution is 2.29. The molecule has 1 fully saturated rings. The molecule has 1 unspecified atom stereocenters. The lowest BCUT2D eigenvalue weighted by Crippen LogP contribution is -2.42. The molecule has 2 aromatic carbocycles. The second-order valence-corrected chi connectivity index (χ2v) is 7.20. The fraction of sp³-hybridized carbons (Fsp3) is 0.200. The van der Waals surface area contributed by atoms with Gasteiger partial charge in [-0.2, -0.15) is 0 Å². The number of nitrogens with zero attached hydrogens (tertiary/aromatic N) is 2. The molecule has 0 spiro atoms. The number of carbonyl (C=O) groups excluding carboxylic acids is 1. The molecule has 4 rings (SSSR count). The largest absolute Gasteiger partial charge is 0.370 e. The van der Waals surface area contributed by atoms with Crippen LogP contribution in [0.1, 0.15) is 21.3 Å². The van der Waals surface area contributed by atoms with Crippen LogP contribution in [0, 0.1) is 11.6 Å². The third-order valence-corrected chi connectivity index (χ3v) is 5.43. The maximum Gasteiger partial charge on any atom is 0.265 e. The first-order chi connectivity index (χ1) is 13.1. The highest BCUT2D eigenvalue weighted by molar-refractivity contribution is 7.16. The summed E-state index contributed by atoms with van der Waals surface area (Å²) in [7, 11) is 0. The minimum atomic E-state index is -0.367. The number of benzene rings is 2. The third kappa shape index (κ3) is 3.74. The number of hydrogen-bond acceptors (Lipinski definition) is 4. The Balaban J connectivity index is 1.51. The fourth-order valence-corrected chi connectivity index (χ4v) is 3.91. The lowest BCUT2D eigenvalue weighted by molar-refractivity contribution is -0.0226. The van der Waals surface area contributed by atoms with E-state index >= 15 is 0 Å². The van der Waals surface area contributed by atoms with Crippen molar-refractivity contribution < 1.29 is 18.3 Å². The Kier molecular flexibility index (Phi) is 4.96. The lowest BCUT2D eigenvalue weighted by atomic mass is 10.1. The second-order valence-electron chi connectivity index (χ2n) is 6.17. The van der Waals surface area contributed by atoms with E-state index < -0.39 is 0 Å². The highest BCUT2D eigenvalue weighted by Gasteiger charge is 2.27. The van der Waals surface area contributed by atoms with E-state index in [1.165, 1.54) is 35.7 Å². The molecule has 7 heteroatoms. The van der Waals surface area contributed by atoms with Gasteiger partial charge in [-0.15, -0.1) is 11.3 Å². The Bertz CT molecular complexity index is 959. The number of thiazole rings is 1. The van der Waals surface area contributed by atoms with E-state index in [0.29, 0.717) is 35.1 Å². The molecule has 0 aliphatic carbocycles. The second kappa shape index (κ2) is 7.54. The van der Waals surface area contributed by atoms with Crippen molar-refractivity contribution in [2.75, 3.05) is 19.7 Å². The van der Waals surface area contributed by atoms with Gasteiger partial charge in [0.05, 0.1) is 19.3 Å². The summed E-state index contributed by atoms with van der Waals surface area (Å²) in [6.07, 6.45) is 1.18. The van der Waals surface area contributed by atoms with Crippen molar-refractivity contribution in [1.82, 2.24) is 9.88 Å². The monoisotopic (exact) mass is 386 g/mol. The Hall–Kier alpha value is -2.64. The number of carbonyl (C=O) groups is 1. The van der Waals surface area contributed by atoms with E-state index in [9.17, 15) is 13.6 Å². The van der Waals surface area contributed by atoms with Crippen molar-refractivity contribution in [2.24, 2.45) is 0 Å². The average Bonchev–Trinajstić information content (AvgIpc) is 3.18. The fourth-order valence-electron chi connectivity index (χ4n) is 3.00. The Morgan fingerprint density at radius 2 is 1.93 bits per heavy atom. The van der Waals surface area contributed by atoms with Crippen molar-refractivity contribution >= 4 is 17.2 Å². The van der Waals surface area contributed by atoms with Crippen molar-refractivity contribution in [3.63, 3.8) is 0 Å². The maximum atomic E-state index is 13.9. The molecule has 1 aliphatic heterocycles. The summed E-state index contributed by atoms with van der Waals surface area (Å²) < 4.78 is 32.8. The standard InChI is InChI=1S/C20H16F2N2O2S/c21-14-7-5-13(6-8-14)17-12-24(9-10-26-17)20(25)18-11-23-19(27-18)15-3-1-2-4-16(15)22/h1-8,11,17H,9-10,12H2. The quantitative estimate of drug-likeness (QED) is 0.674. The Morgan fingerprint density at radius 1 is 1.15 bits per heavy atom. The van der Waals surface area contributed by atoms with E-state index in [1.54, 1.807) is 35.2 Å². The average molecular weight is 386 g/mol. The van der Waals surface area contributed by atoms with Gasteiger partial charge in [-0.25, -0.2) is 13.8 Å². The van der Waals surface area contributed by atoms with Crippen LogP contribution in [0.25, 0.3) is 10.6 Å². The van der Waals surface area contributed by atoms with Crippen LogP contribution in [-0.2, 0) is 4.74 Å².